The van der Waals surface area contributed by atoms with E-state index in [4.69, 9.17) is 0 Å². The van der Waals surface area contributed by atoms with Crippen molar-refractivity contribution >= 4 is 5.97 Å². The topological polar surface area (TPSA) is 60.3 Å². The van der Waals surface area contributed by atoms with Crippen LogP contribution in [0.3, 0.4) is 0 Å². The molecule has 52 valence electrons. The van der Waals surface area contributed by atoms with E-state index in [-0.39, 0.29) is 6.79 Å². The molecule has 0 saturated carbocycles. The summed E-state index contributed by atoms with van der Waals surface area (Å²) in [6.07, 6.45) is 0. The van der Waals surface area contributed by atoms with E-state index in [9.17, 15) is 4.79 Å². The number of carbonyl (C=O) groups is 1. The smallest absolute Gasteiger partial charge is 0.305 e. The highest BCUT2D eigenvalue weighted by Crippen LogP contribution is 1.79. The van der Waals surface area contributed by atoms with Gasteiger partial charge in [-0.1, -0.05) is 0 Å². The van der Waals surface area contributed by atoms with Gasteiger partial charge in [0.05, 0.1) is 7.05 Å². The van der Waals surface area contributed by atoms with E-state index >= 15 is 0 Å². The first-order chi connectivity index (χ1) is 4.27. The van der Waals surface area contributed by atoms with Crippen molar-refractivity contribution in [2.75, 3.05) is 13.8 Å². The lowest BCUT2D eigenvalue weighted by Gasteiger charge is -1.95. The predicted octanol–water partition coefficient (Wildman–Crippen LogP) is 0.521. The third-order valence-corrected chi connectivity index (χ3v) is 0.454. The normalized spacial score (nSPS) is 9.56. The molecule has 0 aliphatic carbocycles. The molecule has 0 aromatic rings. The molecule has 0 aliphatic heterocycles. The Kier molecular flexibility index (Phi) is 4.39. The summed E-state index contributed by atoms with van der Waals surface area (Å²) in [7, 11) is 1.45. The number of nitrogens with zero attached hydrogens (tertiary/aromatic N) is 2. The van der Waals surface area contributed by atoms with Gasteiger partial charge in [-0.15, -0.1) is 0 Å². The molecular formula is C4H8N2O3. The van der Waals surface area contributed by atoms with Crippen LogP contribution in [0.1, 0.15) is 6.92 Å². The van der Waals surface area contributed by atoms with E-state index in [2.05, 4.69) is 20.0 Å². The Hall–Kier alpha value is -1.13. The third-order valence-electron chi connectivity index (χ3n) is 0.454. The molecule has 0 saturated heterocycles. The standard InChI is InChI=1S/C4H8N2O3/c1-4(7)8-3-9-6-5-2/h3H2,1-2H3. The van der Waals surface area contributed by atoms with Gasteiger partial charge in [0.25, 0.3) is 6.79 Å². The van der Waals surface area contributed by atoms with Crippen molar-refractivity contribution in [3.05, 3.63) is 0 Å². The van der Waals surface area contributed by atoms with E-state index in [1.165, 1.54) is 14.0 Å². The van der Waals surface area contributed by atoms with Gasteiger partial charge < -0.3 is 9.57 Å². The van der Waals surface area contributed by atoms with E-state index in [0.717, 1.165) is 0 Å². The molecule has 5 nitrogen and oxygen atoms in total. The van der Waals surface area contributed by atoms with Gasteiger partial charge in [-0.2, -0.15) is 5.11 Å². The second-order valence-electron chi connectivity index (χ2n) is 1.16. The first kappa shape index (κ1) is 7.87. The molecule has 0 amide bonds. The monoisotopic (exact) mass is 132 g/mol. The Morgan fingerprint density at radius 3 is 2.78 bits per heavy atom. The molecule has 0 aliphatic rings. The number of hydrogen-bond donors (Lipinski definition) is 0. The molecule has 0 spiro atoms. The van der Waals surface area contributed by atoms with Crippen molar-refractivity contribution in [1.29, 1.82) is 0 Å². The van der Waals surface area contributed by atoms with Gasteiger partial charge in [0.1, 0.15) is 0 Å². The minimum Gasteiger partial charge on any atom is -0.426 e. The quantitative estimate of drug-likeness (QED) is 0.185. The molecule has 0 rings (SSSR count). The molecule has 0 atom stereocenters. The highest BCUT2D eigenvalue weighted by Gasteiger charge is 1.88. The van der Waals surface area contributed by atoms with Gasteiger partial charge in [-0.3, -0.25) is 4.79 Å². The van der Waals surface area contributed by atoms with Crippen LogP contribution in [0.4, 0.5) is 0 Å². The fourth-order valence-corrected chi connectivity index (χ4v) is 0.191. The zero-order valence-corrected chi connectivity index (χ0v) is 5.33. The van der Waals surface area contributed by atoms with Gasteiger partial charge in [-0.05, 0) is 0 Å². The Labute approximate surface area is 52.6 Å². The van der Waals surface area contributed by atoms with Crippen LogP contribution in [0.2, 0.25) is 0 Å². The summed E-state index contributed by atoms with van der Waals surface area (Å²) >= 11 is 0. The van der Waals surface area contributed by atoms with Gasteiger partial charge in [-0.25, -0.2) is 0 Å². The van der Waals surface area contributed by atoms with E-state index in [1.807, 2.05) is 0 Å². The Morgan fingerprint density at radius 1 is 1.67 bits per heavy atom. The predicted molar refractivity (Wildman–Crippen MR) is 28.5 cm³/mol. The molecule has 9 heavy (non-hydrogen) atoms. The van der Waals surface area contributed by atoms with Crippen molar-refractivity contribution in [3.63, 3.8) is 0 Å². The zero-order chi connectivity index (χ0) is 7.11. The second-order valence-corrected chi connectivity index (χ2v) is 1.16. The van der Waals surface area contributed by atoms with Crippen molar-refractivity contribution < 1.29 is 14.4 Å². The zero-order valence-electron chi connectivity index (χ0n) is 5.33. The SMILES string of the molecule is CN=NOCOC(C)=O. The van der Waals surface area contributed by atoms with Crippen LogP contribution in [0.25, 0.3) is 0 Å². The maximum absolute atomic E-state index is 10.0. The van der Waals surface area contributed by atoms with Crippen molar-refractivity contribution in [2.24, 2.45) is 10.4 Å². The number of rotatable bonds is 3. The van der Waals surface area contributed by atoms with Gasteiger partial charge in [0.2, 0.25) is 0 Å². The molecular weight excluding hydrogens is 124 g/mol. The van der Waals surface area contributed by atoms with Gasteiger partial charge >= 0.3 is 5.97 Å². The first-order valence-electron chi connectivity index (χ1n) is 2.32. The lowest BCUT2D eigenvalue weighted by atomic mass is 10.8. The number of esters is 1. The largest absolute Gasteiger partial charge is 0.426 e. The molecule has 0 fully saturated rings. The van der Waals surface area contributed by atoms with Crippen LogP contribution in [-0.4, -0.2) is 19.8 Å². The molecule has 0 N–H and O–H groups in total. The highest BCUT2D eigenvalue weighted by molar-refractivity contribution is 5.65. The van der Waals surface area contributed by atoms with E-state index in [1.54, 1.807) is 0 Å². The lowest BCUT2D eigenvalue weighted by molar-refractivity contribution is -0.154. The second kappa shape index (κ2) is 5.02. The minimum absolute atomic E-state index is 0.174. The van der Waals surface area contributed by atoms with Crippen LogP contribution < -0.4 is 0 Å². The molecule has 5 heteroatoms. The Morgan fingerprint density at radius 2 is 2.33 bits per heavy atom. The molecule has 0 heterocycles. The van der Waals surface area contributed by atoms with Crippen LogP contribution in [0.15, 0.2) is 10.4 Å². The molecule has 0 bridgehead atoms. The third kappa shape index (κ3) is 6.87. The van der Waals surface area contributed by atoms with Crippen molar-refractivity contribution in [1.82, 2.24) is 0 Å². The molecule has 0 radical (unpaired) electrons. The molecule has 0 unspecified atom stereocenters. The summed E-state index contributed by atoms with van der Waals surface area (Å²) in [6, 6.07) is 0. The van der Waals surface area contributed by atoms with Gasteiger partial charge in [0.15, 0.2) is 0 Å². The van der Waals surface area contributed by atoms with E-state index < -0.39 is 5.97 Å². The number of ether oxygens (including phenoxy) is 1. The Balaban J connectivity index is 3.01. The maximum Gasteiger partial charge on any atom is 0.305 e. The first-order valence-corrected chi connectivity index (χ1v) is 2.32. The summed E-state index contributed by atoms with van der Waals surface area (Å²) in [4.78, 5) is 14.3. The average Bonchev–Trinajstić information content (AvgIpc) is 1.80. The average molecular weight is 132 g/mol. The fraction of sp³-hybridized carbons (Fsp3) is 0.750. The Bertz CT molecular complexity index is 112. The van der Waals surface area contributed by atoms with Crippen molar-refractivity contribution in [2.45, 2.75) is 6.92 Å². The summed E-state index contributed by atoms with van der Waals surface area (Å²) in [5.74, 6) is -0.402. The van der Waals surface area contributed by atoms with Crippen molar-refractivity contribution in [3.8, 4) is 0 Å². The summed E-state index contributed by atoms with van der Waals surface area (Å²) < 4.78 is 4.33. The summed E-state index contributed by atoms with van der Waals surface area (Å²) in [5, 5.41) is 6.34. The van der Waals surface area contributed by atoms with Crippen LogP contribution in [0.5, 0.6) is 0 Å². The lowest BCUT2D eigenvalue weighted by Crippen LogP contribution is -2.00. The van der Waals surface area contributed by atoms with Crippen LogP contribution >= 0.6 is 0 Å². The molecule has 0 aromatic heterocycles. The number of hydrogen-bond acceptors (Lipinski definition) is 5. The van der Waals surface area contributed by atoms with Gasteiger partial charge in [0, 0.05) is 12.2 Å². The summed E-state index contributed by atoms with van der Waals surface area (Å²) in [6.45, 7) is 1.11. The van der Waals surface area contributed by atoms with Crippen LogP contribution in [-0.2, 0) is 14.4 Å². The molecule has 0 aromatic carbocycles. The minimum atomic E-state index is -0.402. The summed E-state index contributed by atoms with van der Waals surface area (Å²) in [5.41, 5.74) is 0. The highest BCUT2D eigenvalue weighted by atomic mass is 16.8. The van der Waals surface area contributed by atoms with E-state index in [0.29, 0.717) is 0 Å². The number of carbonyl (C=O) groups excluding carboxylic acids is 1. The maximum atomic E-state index is 10.0. The van der Waals surface area contributed by atoms with Crippen LogP contribution in [0, 0.1) is 0 Å². The fourth-order valence-electron chi connectivity index (χ4n) is 0.191.